The summed E-state index contributed by atoms with van der Waals surface area (Å²) in [6.07, 6.45) is 5.22. The summed E-state index contributed by atoms with van der Waals surface area (Å²) in [5, 5.41) is 3.63. The van der Waals surface area contributed by atoms with Gasteiger partial charge in [-0.25, -0.2) is 0 Å². The van der Waals surface area contributed by atoms with Gasteiger partial charge in [-0.15, -0.1) is 24.8 Å². The Kier molecular flexibility index (Phi) is 7.88. The van der Waals surface area contributed by atoms with Gasteiger partial charge >= 0.3 is 190 Å². The number of hydrogen-bond donors (Lipinski definition) is 0. The van der Waals surface area contributed by atoms with Gasteiger partial charge in [-0.05, 0) is 0 Å². The molecule has 0 saturated heterocycles. The van der Waals surface area contributed by atoms with Crippen LogP contribution >= 0.6 is 24.8 Å². The van der Waals surface area contributed by atoms with E-state index in [4.69, 9.17) is 0 Å². The largest absolute Gasteiger partial charge is 0.147 e. The first-order valence-electron chi connectivity index (χ1n) is 11.4. The smallest absolute Gasteiger partial charge is 0.147 e. The van der Waals surface area contributed by atoms with E-state index in [1.165, 1.54) is 11.1 Å². The Morgan fingerprint density at radius 3 is 1.25 bits per heavy atom. The molecule has 2 aliphatic carbocycles. The van der Waals surface area contributed by atoms with E-state index in [-0.39, 0.29) is 24.8 Å². The maximum atomic E-state index is 2.79. The molecule has 0 bridgehead atoms. The number of halogens is 2. The summed E-state index contributed by atoms with van der Waals surface area (Å²) in [4.78, 5) is 0. The van der Waals surface area contributed by atoms with Crippen LogP contribution in [0.15, 0.2) is 58.9 Å². The van der Waals surface area contributed by atoms with E-state index in [1.807, 2.05) is 10.4 Å². The van der Waals surface area contributed by atoms with Gasteiger partial charge < -0.3 is 0 Å². The Hall–Kier alpha value is 0.0338. The van der Waals surface area contributed by atoms with Gasteiger partial charge in [0, 0.05) is 0 Å². The van der Waals surface area contributed by atoms with Gasteiger partial charge in [-0.1, -0.05) is 0 Å². The number of fused-ring (bicyclic) bond motifs is 2. The molecule has 2 aliphatic rings. The van der Waals surface area contributed by atoms with Crippen LogP contribution in [-0.2, 0) is 17.4 Å². The minimum Gasteiger partial charge on any atom is -0.147 e. The zero-order valence-corrected chi connectivity index (χ0v) is 28.5. The summed E-state index contributed by atoms with van der Waals surface area (Å²) in [6.45, 7) is 17.9. The molecule has 0 fully saturated rings. The number of benzene rings is 2. The van der Waals surface area contributed by atoms with Crippen LogP contribution in [0.4, 0.5) is 0 Å². The maximum Gasteiger partial charge on any atom is -0.147 e. The molecule has 0 N–H and O–H groups in total. The molecule has 0 amide bonds. The van der Waals surface area contributed by atoms with E-state index >= 15 is 0 Å². The quantitative estimate of drug-likeness (QED) is 0.311. The summed E-state index contributed by atoms with van der Waals surface area (Å²) in [5.74, 6) is 0. The molecule has 32 heavy (non-hydrogen) atoms. The summed E-state index contributed by atoms with van der Waals surface area (Å²) in [7, 11) is -2.88. The molecule has 2 aromatic rings. The molecule has 0 aliphatic heterocycles. The van der Waals surface area contributed by atoms with E-state index in [1.54, 1.807) is 11.1 Å². The SMILES string of the molecule is C[Si](C)(C)C1=Cc2ccccc2[CH]1[Zr]([CH3])([CH3])(=[SiH2])[CH]1C([Si](C)(C)C)=Cc2ccccc21.Cl.Cl. The van der Waals surface area contributed by atoms with E-state index < -0.39 is 33.5 Å². The Morgan fingerprint density at radius 2 is 0.938 bits per heavy atom. The summed E-state index contributed by atoms with van der Waals surface area (Å²) in [5.41, 5.74) is 6.28. The van der Waals surface area contributed by atoms with Crippen molar-refractivity contribution in [3.8, 4) is 0 Å². The molecular weight excluding hydrogens is 559 g/mol. The summed E-state index contributed by atoms with van der Waals surface area (Å²) < 4.78 is 6.93. The Labute approximate surface area is 212 Å². The van der Waals surface area contributed by atoms with Crippen LogP contribution in [0.2, 0.25) is 48.5 Å². The van der Waals surface area contributed by atoms with Crippen LogP contribution in [0.25, 0.3) is 12.2 Å². The van der Waals surface area contributed by atoms with Crippen molar-refractivity contribution in [3.05, 3.63) is 81.2 Å². The van der Waals surface area contributed by atoms with Gasteiger partial charge in [0.2, 0.25) is 0 Å². The molecule has 0 spiro atoms. The predicted molar refractivity (Wildman–Crippen MR) is 156 cm³/mol. The monoisotopic (exact) mass is 596 g/mol. The predicted octanol–water partition coefficient (Wildman–Crippen LogP) is 8.20. The first kappa shape index (κ1) is 28.3. The zero-order valence-electron chi connectivity index (χ0n) is 21.0. The Balaban J connectivity index is 0.00000181. The third-order valence-corrected chi connectivity index (χ3v) is 30.4. The second-order valence-electron chi connectivity index (χ2n) is 12.8. The molecular formula is C26H40Cl2Si3Zr. The third kappa shape index (κ3) is 4.62. The first-order chi connectivity index (χ1) is 13.7. The topological polar surface area (TPSA) is 0 Å². The van der Waals surface area contributed by atoms with Gasteiger partial charge in [0.05, 0.1) is 0 Å². The zero-order chi connectivity index (χ0) is 22.1. The van der Waals surface area contributed by atoms with Crippen molar-refractivity contribution in [2.24, 2.45) is 0 Å². The standard InChI is InChI=1S/2C12H15Si.2CH3.2ClH.H2Si.Zr/c2*1-13(2,3)12-8-10-6-4-5-7-11(10)9-12;;;;;;/h2*4-9H,1-3H3;2*1H3;2*1H;1H2;. The molecule has 0 radical (unpaired) electrons. The van der Waals surface area contributed by atoms with Crippen molar-refractivity contribution in [2.45, 2.75) is 55.8 Å². The average Bonchev–Trinajstić information content (AvgIpc) is 3.21. The van der Waals surface area contributed by atoms with Gasteiger partial charge in [0.25, 0.3) is 0 Å². The van der Waals surface area contributed by atoms with Crippen molar-refractivity contribution in [1.82, 2.24) is 0 Å². The number of hydrogen-bond acceptors (Lipinski definition) is 0. The van der Waals surface area contributed by atoms with Crippen molar-refractivity contribution < 1.29 is 17.4 Å². The molecule has 2 aromatic carbocycles. The van der Waals surface area contributed by atoms with Crippen LogP contribution in [0.1, 0.15) is 29.5 Å². The molecule has 0 nitrogen and oxygen atoms in total. The normalized spacial score (nSPS) is 20.4. The fourth-order valence-electron chi connectivity index (χ4n) is 6.16. The third-order valence-electron chi connectivity index (χ3n) is 7.49. The molecule has 174 valence electrons. The summed E-state index contributed by atoms with van der Waals surface area (Å²) >= 11 is -3.39. The van der Waals surface area contributed by atoms with E-state index in [2.05, 4.69) is 116 Å². The van der Waals surface area contributed by atoms with Crippen LogP contribution in [-0.4, -0.2) is 23.0 Å². The van der Waals surface area contributed by atoms with Crippen molar-refractivity contribution >= 4 is 60.0 Å². The van der Waals surface area contributed by atoms with Gasteiger partial charge in [-0.2, -0.15) is 0 Å². The minimum absolute atomic E-state index is 0. The first-order valence-corrected chi connectivity index (χ1v) is 32.1. The average molecular weight is 599 g/mol. The number of rotatable bonds is 4. The second kappa shape index (κ2) is 8.92. The fraction of sp³-hybridized carbons (Fsp3) is 0.385. The van der Waals surface area contributed by atoms with Crippen molar-refractivity contribution in [2.75, 3.05) is 0 Å². The van der Waals surface area contributed by atoms with Gasteiger partial charge in [0.15, 0.2) is 0 Å². The molecule has 0 aromatic heterocycles. The molecule has 4 rings (SSSR count). The Bertz CT molecular complexity index is 1070. The van der Waals surface area contributed by atoms with Crippen LogP contribution < -0.4 is 0 Å². The van der Waals surface area contributed by atoms with Crippen LogP contribution in [0.3, 0.4) is 0 Å². The molecule has 0 saturated carbocycles. The van der Waals surface area contributed by atoms with Gasteiger partial charge in [0.1, 0.15) is 0 Å². The van der Waals surface area contributed by atoms with Gasteiger partial charge in [-0.3, -0.25) is 0 Å². The maximum absolute atomic E-state index is 3.39. The minimum atomic E-state index is -3.39. The van der Waals surface area contributed by atoms with Crippen molar-refractivity contribution in [3.63, 3.8) is 0 Å². The molecule has 0 heterocycles. The molecule has 2 atom stereocenters. The molecule has 6 heteroatoms. The fourth-order valence-corrected chi connectivity index (χ4v) is 41.6. The van der Waals surface area contributed by atoms with Crippen molar-refractivity contribution in [1.29, 1.82) is 0 Å². The summed E-state index contributed by atoms with van der Waals surface area (Å²) in [6, 6.07) is 18.6. The second-order valence-corrected chi connectivity index (χ2v) is 53.4. The molecule has 2 unspecified atom stereocenters. The van der Waals surface area contributed by atoms with Crippen LogP contribution in [0, 0.1) is 0 Å². The van der Waals surface area contributed by atoms with E-state index in [9.17, 15) is 0 Å². The van der Waals surface area contributed by atoms with E-state index in [0.29, 0.717) is 7.25 Å². The van der Waals surface area contributed by atoms with E-state index in [0.717, 1.165) is 0 Å². The Morgan fingerprint density at radius 1 is 0.625 bits per heavy atom. The van der Waals surface area contributed by atoms with Crippen LogP contribution in [0.5, 0.6) is 0 Å². The number of allylic oxidation sites excluding steroid dienone is 2.